The maximum Gasteiger partial charge on any atom is 0.441 e. The summed E-state index contributed by atoms with van der Waals surface area (Å²) in [6.07, 6.45) is -8.02. The van der Waals surface area contributed by atoms with Crippen molar-refractivity contribution in [3.63, 3.8) is 0 Å². The van der Waals surface area contributed by atoms with Gasteiger partial charge in [-0.15, -0.1) is 0 Å². The van der Waals surface area contributed by atoms with Gasteiger partial charge >= 0.3 is 12.4 Å². The summed E-state index contributed by atoms with van der Waals surface area (Å²) in [5.41, 5.74) is 0.518. The number of benzene rings is 1. The molecule has 0 atom stereocenters. The number of alkyl halides is 6. The van der Waals surface area contributed by atoms with Crippen LogP contribution in [0.15, 0.2) is 46.0 Å². The summed E-state index contributed by atoms with van der Waals surface area (Å²) in [6.45, 7) is 3.26. The van der Waals surface area contributed by atoms with Gasteiger partial charge < -0.3 is 4.57 Å². The van der Waals surface area contributed by atoms with E-state index in [0.29, 0.717) is 22.0 Å². The number of aryl methyl sites for hydroxylation is 1. The normalized spacial score (nSPS) is 18.1. The number of hydrazone groups is 1. The van der Waals surface area contributed by atoms with E-state index in [-0.39, 0.29) is 28.2 Å². The molecule has 1 aromatic carbocycles. The van der Waals surface area contributed by atoms with Crippen LogP contribution in [0.25, 0.3) is 11.8 Å². The van der Waals surface area contributed by atoms with E-state index in [2.05, 4.69) is 10.1 Å². The summed E-state index contributed by atoms with van der Waals surface area (Å²) in [6, 6.07) is 6.28. The minimum atomic E-state index is -4.76. The number of thioether (sulfide) groups is 1. The zero-order valence-corrected chi connectivity index (χ0v) is 17.7. The Bertz CT molecular complexity index is 1280. The molecule has 0 saturated carbocycles. The zero-order valence-electron chi connectivity index (χ0n) is 16.8. The average molecular weight is 485 g/mol. The molecule has 0 saturated heterocycles. The molecule has 0 aliphatic carbocycles. The lowest BCUT2D eigenvalue weighted by Crippen LogP contribution is -2.35. The van der Waals surface area contributed by atoms with Crippen LogP contribution in [0, 0.1) is 19.3 Å². The molecular weight excluding hydrogens is 472 g/mol. The molecule has 2 aliphatic heterocycles. The lowest BCUT2D eigenvalue weighted by molar-refractivity contribution is -0.137. The Labute approximate surface area is 186 Å². The van der Waals surface area contributed by atoms with Crippen molar-refractivity contribution >= 4 is 39.8 Å². The fourth-order valence-corrected chi connectivity index (χ4v) is 4.17. The first-order chi connectivity index (χ1) is 15.3. The number of fused-ring (bicyclic) bond motifs is 1. The molecule has 172 valence electrons. The maximum atomic E-state index is 13.1. The van der Waals surface area contributed by atoms with E-state index < -0.39 is 34.7 Å². The van der Waals surface area contributed by atoms with Crippen LogP contribution in [0.5, 0.6) is 0 Å². The third-order valence-corrected chi connectivity index (χ3v) is 5.85. The lowest BCUT2D eigenvalue weighted by atomic mass is 10.1. The van der Waals surface area contributed by atoms with Crippen molar-refractivity contribution in [2.24, 2.45) is 10.1 Å². The average Bonchev–Trinajstić information content (AvgIpc) is 3.25. The Kier molecular flexibility index (Phi) is 5.26. The van der Waals surface area contributed by atoms with Crippen molar-refractivity contribution in [3.8, 4) is 5.69 Å². The Morgan fingerprint density at radius 1 is 1.06 bits per heavy atom. The van der Waals surface area contributed by atoms with Gasteiger partial charge in [-0.2, -0.15) is 41.4 Å². The molecule has 13 heteroatoms. The number of hydrogen-bond acceptors (Lipinski definition) is 4. The summed E-state index contributed by atoms with van der Waals surface area (Å²) in [7, 11) is 0. The number of nitrogens with zero attached hydrogens (tertiary/aromatic N) is 4. The molecule has 0 spiro atoms. The molecule has 1 amide bonds. The smallest absolute Gasteiger partial charge is 0.318 e. The van der Waals surface area contributed by atoms with Gasteiger partial charge in [-0.3, -0.25) is 10.2 Å². The Morgan fingerprint density at radius 2 is 1.76 bits per heavy atom. The number of hydrogen-bond donors (Lipinski definition) is 1. The van der Waals surface area contributed by atoms with E-state index >= 15 is 0 Å². The highest BCUT2D eigenvalue weighted by atomic mass is 32.2. The first-order valence-electron chi connectivity index (χ1n) is 9.21. The van der Waals surface area contributed by atoms with Crippen LogP contribution >= 0.6 is 11.8 Å². The molecule has 3 heterocycles. The van der Waals surface area contributed by atoms with Crippen LogP contribution < -0.4 is 0 Å². The summed E-state index contributed by atoms with van der Waals surface area (Å²) in [5.74, 6) is -1.50. The topological polar surface area (TPSA) is 73.8 Å². The van der Waals surface area contributed by atoms with Crippen molar-refractivity contribution in [3.05, 3.63) is 58.4 Å². The van der Waals surface area contributed by atoms with Crippen molar-refractivity contribution in [2.75, 3.05) is 0 Å². The molecule has 1 aromatic heterocycles. The monoisotopic (exact) mass is 485 g/mol. The van der Waals surface area contributed by atoms with Gasteiger partial charge in [-0.05, 0) is 61.5 Å². The minimum absolute atomic E-state index is 0.144. The van der Waals surface area contributed by atoms with Crippen molar-refractivity contribution in [1.82, 2.24) is 9.58 Å². The van der Waals surface area contributed by atoms with Crippen molar-refractivity contribution < 1.29 is 31.1 Å². The summed E-state index contributed by atoms with van der Waals surface area (Å²) in [4.78, 5) is 16.0. The predicted molar refractivity (Wildman–Crippen MR) is 111 cm³/mol. The van der Waals surface area contributed by atoms with Crippen LogP contribution in [0.1, 0.15) is 22.5 Å². The molecule has 2 aromatic rings. The van der Waals surface area contributed by atoms with Crippen molar-refractivity contribution in [2.45, 2.75) is 26.2 Å². The molecule has 4 rings (SSSR count). The molecule has 0 radical (unpaired) electrons. The summed E-state index contributed by atoms with van der Waals surface area (Å²) < 4.78 is 79.7. The Hall–Kier alpha value is -3.35. The number of aliphatic imine (C=N–C) groups is 1. The molecule has 0 unspecified atom stereocenters. The first-order valence-corrected chi connectivity index (χ1v) is 10.0. The van der Waals surface area contributed by atoms with Gasteiger partial charge in [0.2, 0.25) is 10.2 Å². The third kappa shape index (κ3) is 4.08. The molecule has 6 nitrogen and oxygen atoms in total. The fraction of sp³-hybridized carbons (Fsp3) is 0.200. The van der Waals surface area contributed by atoms with Gasteiger partial charge in [0.1, 0.15) is 0 Å². The molecule has 0 bridgehead atoms. The van der Waals surface area contributed by atoms with Gasteiger partial charge in [0, 0.05) is 17.1 Å². The van der Waals surface area contributed by atoms with Crippen LogP contribution in [-0.2, 0) is 11.0 Å². The van der Waals surface area contributed by atoms with Crippen molar-refractivity contribution in [1.29, 1.82) is 5.41 Å². The summed E-state index contributed by atoms with van der Waals surface area (Å²) >= 11 is 0.144. The zero-order chi connectivity index (χ0) is 24.3. The van der Waals surface area contributed by atoms with Gasteiger partial charge in [-0.25, -0.2) is 0 Å². The largest absolute Gasteiger partial charge is 0.441 e. The quantitative estimate of drug-likeness (QED) is 0.464. The maximum absolute atomic E-state index is 13.1. The Morgan fingerprint density at radius 3 is 2.39 bits per heavy atom. The number of nitrogens with one attached hydrogen (secondary N) is 1. The SMILES string of the molecule is Cc1cc(/C=C2\C(=N)N3N=C(C(F)(F)F)SC3=NC2=O)c(C)n1-c1cccc(C(F)(F)F)c1. The number of rotatable bonds is 2. The van der Waals surface area contributed by atoms with Crippen LogP contribution in [0.3, 0.4) is 0 Å². The highest BCUT2D eigenvalue weighted by Crippen LogP contribution is 2.36. The molecular formula is C20H13F6N5OS. The molecule has 2 aliphatic rings. The van der Waals surface area contributed by atoms with Gasteiger partial charge in [0.15, 0.2) is 5.84 Å². The van der Waals surface area contributed by atoms with Crippen LogP contribution in [0.2, 0.25) is 0 Å². The number of amides is 1. The number of halogens is 6. The highest BCUT2D eigenvalue weighted by Gasteiger charge is 2.46. The van der Waals surface area contributed by atoms with Gasteiger partial charge in [0.25, 0.3) is 5.91 Å². The number of carbonyl (C=O) groups excluding carboxylic acids is 1. The van der Waals surface area contributed by atoms with E-state index in [1.807, 2.05) is 0 Å². The number of carbonyl (C=O) groups is 1. The van der Waals surface area contributed by atoms with E-state index in [1.165, 1.54) is 18.2 Å². The second-order valence-electron chi connectivity index (χ2n) is 7.13. The number of amidine groups is 2. The third-order valence-electron chi connectivity index (χ3n) is 4.90. The highest BCUT2D eigenvalue weighted by molar-refractivity contribution is 8.27. The van der Waals surface area contributed by atoms with E-state index in [1.54, 1.807) is 24.5 Å². The fourth-order valence-electron chi connectivity index (χ4n) is 3.41. The van der Waals surface area contributed by atoms with Gasteiger partial charge in [0.05, 0.1) is 11.1 Å². The second kappa shape index (κ2) is 7.61. The standard InChI is InChI=1S/C20H13F6N5OS/c1-9-6-11(10(2)30(9)13-5-3-4-12(8-13)19(21,22)23)7-14-15(27)31-18(28-16(14)32)33-17(29-31)20(24,25)26/h3-8,27H,1-2H3/b14-7+,27-15?. The molecule has 0 fully saturated rings. The molecule has 33 heavy (non-hydrogen) atoms. The summed E-state index contributed by atoms with van der Waals surface area (Å²) in [5, 5.41) is 10.5. The Balaban J connectivity index is 1.74. The number of aromatic nitrogens is 1. The van der Waals surface area contributed by atoms with E-state index in [9.17, 15) is 31.1 Å². The second-order valence-corrected chi connectivity index (χ2v) is 8.09. The predicted octanol–water partition coefficient (Wildman–Crippen LogP) is 5.29. The van der Waals surface area contributed by atoms with E-state index in [4.69, 9.17) is 5.41 Å². The van der Waals surface area contributed by atoms with Gasteiger partial charge in [-0.1, -0.05) is 6.07 Å². The van der Waals surface area contributed by atoms with Crippen LogP contribution in [-0.4, -0.2) is 37.7 Å². The first kappa shape index (κ1) is 22.8. The van der Waals surface area contributed by atoms with E-state index in [0.717, 1.165) is 12.1 Å². The lowest BCUT2D eigenvalue weighted by Gasteiger charge is -2.20. The molecule has 1 N–H and O–H groups in total. The van der Waals surface area contributed by atoms with Crippen LogP contribution in [0.4, 0.5) is 26.3 Å². The minimum Gasteiger partial charge on any atom is -0.318 e.